The van der Waals surface area contributed by atoms with Crippen molar-refractivity contribution in [3.8, 4) is 34.3 Å². The molecule has 2 aromatic carbocycles. The highest BCUT2D eigenvalue weighted by atomic mass is 32.2. The van der Waals surface area contributed by atoms with Gasteiger partial charge in [0.05, 0.1) is 5.75 Å². The quantitative estimate of drug-likeness (QED) is 0.336. The van der Waals surface area contributed by atoms with Crippen LogP contribution in [-0.4, -0.2) is 53.3 Å². The second-order valence-corrected chi connectivity index (χ2v) is 10.8. The van der Waals surface area contributed by atoms with E-state index in [4.69, 9.17) is 9.05 Å². The Hall–Kier alpha value is -4.04. The first-order valence-corrected chi connectivity index (χ1v) is 13.1. The molecule has 0 spiro atoms. The first-order valence-electron chi connectivity index (χ1n) is 11.0. The molecule has 10 nitrogen and oxygen atoms in total. The summed E-state index contributed by atoms with van der Waals surface area (Å²) in [5, 5.41) is 20.3. The van der Waals surface area contributed by atoms with Crippen LogP contribution < -0.4 is 5.32 Å². The van der Waals surface area contributed by atoms with E-state index in [9.17, 15) is 31.5 Å². The van der Waals surface area contributed by atoms with Crippen molar-refractivity contribution < 1.29 is 40.5 Å². The summed E-state index contributed by atoms with van der Waals surface area (Å²) < 4.78 is 74.3. The summed E-state index contributed by atoms with van der Waals surface area (Å²) in [5.41, 5.74) is -2.90. The molecule has 0 unspecified atom stereocenters. The van der Waals surface area contributed by atoms with Gasteiger partial charge < -0.3 is 19.5 Å². The third kappa shape index (κ3) is 5.75. The summed E-state index contributed by atoms with van der Waals surface area (Å²) in [6.07, 6.45) is -3.81. The van der Waals surface area contributed by atoms with Crippen LogP contribution >= 0.6 is 0 Å². The summed E-state index contributed by atoms with van der Waals surface area (Å²) in [5.74, 6) is -2.45. The highest BCUT2D eigenvalue weighted by Gasteiger charge is 2.43. The number of amides is 1. The van der Waals surface area contributed by atoms with Gasteiger partial charge in [-0.15, -0.1) is 0 Å². The number of sulfone groups is 1. The number of aromatic nitrogens is 3. The lowest BCUT2D eigenvalue weighted by atomic mass is 9.94. The zero-order valence-corrected chi connectivity index (χ0v) is 20.8. The second kappa shape index (κ2) is 10.0. The number of nitrogens with one attached hydrogen (secondary N) is 1. The van der Waals surface area contributed by atoms with E-state index in [1.54, 1.807) is 18.2 Å². The molecular weight excluding hydrogens is 529 g/mol. The molecule has 2 aromatic heterocycles. The third-order valence-electron chi connectivity index (χ3n) is 5.55. The molecule has 0 saturated carbocycles. The molecule has 0 saturated heterocycles. The van der Waals surface area contributed by atoms with E-state index in [0.717, 1.165) is 6.26 Å². The van der Waals surface area contributed by atoms with E-state index >= 15 is 0 Å². The van der Waals surface area contributed by atoms with Crippen molar-refractivity contribution >= 4 is 15.7 Å². The zero-order valence-electron chi connectivity index (χ0n) is 20.0. The van der Waals surface area contributed by atoms with E-state index in [0.29, 0.717) is 5.56 Å². The SMILES string of the molecule is C[C@](O)(C(=O)NCCS(C)(=O)=O)c1ccc(-c2noc(-c3onc(-c4ccccc4)c3C(F)(F)F)n2)cc1. The molecular formula is C24H21F3N4O6S. The van der Waals surface area contributed by atoms with Crippen molar-refractivity contribution in [1.82, 2.24) is 20.6 Å². The molecule has 0 radical (unpaired) electrons. The number of carbonyl (C=O) groups excluding carboxylic acids is 1. The second-order valence-electron chi connectivity index (χ2n) is 8.56. The lowest BCUT2D eigenvalue weighted by Gasteiger charge is -2.23. The van der Waals surface area contributed by atoms with Crippen LogP contribution in [0.25, 0.3) is 34.3 Å². The maximum absolute atomic E-state index is 13.9. The molecule has 0 bridgehead atoms. The van der Waals surface area contributed by atoms with Crippen LogP contribution in [0.2, 0.25) is 0 Å². The predicted molar refractivity (Wildman–Crippen MR) is 128 cm³/mol. The van der Waals surface area contributed by atoms with Crippen LogP contribution in [0.4, 0.5) is 13.2 Å². The normalized spacial score (nSPS) is 13.7. The fourth-order valence-electron chi connectivity index (χ4n) is 3.52. The Balaban J connectivity index is 1.58. The highest BCUT2D eigenvalue weighted by Crippen LogP contribution is 2.43. The Labute approximate surface area is 214 Å². The van der Waals surface area contributed by atoms with E-state index < -0.39 is 50.4 Å². The molecule has 0 aliphatic heterocycles. The average molecular weight is 551 g/mol. The summed E-state index contributed by atoms with van der Waals surface area (Å²) in [6.45, 7) is 1.06. The van der Waals surface area contributed by atoms with Gasteiger partial charge in [0, 0.05) is 23.9 Å². The summed E-state index contributed by atoms with van der Waals surface area (Å²) in [7, 11) is -3.30. The number of aliphatic hydroxyl groups is 1. The Bertz CT molecular complexity index is 1550. The van der Waals surface area contributed by atoms with Gasteiger partial charge in [-0.05, 0) is 12.5 Å². The van der Waals surface area contributed by atoms with E-state index in [1.807, 2.05) is 0 Å². The fourth-order valence-corrected chi connectivity index (χ4v) is 3.99. The number of alkyl halides is 3. The lowest BCUT2D eigenvalue weighted by molar-refractivity contribution is -0.139. The van der Waals surface area contributed by atoms with Crippen molar-refractivity contribution in [3.63, 3.8) is 0 Å². The molecule has 200 valence electrons. The summed E-state index contributed by atoms with van der Waals surface area (Å²) >= 11 is 0. The van der Waals surface area contributed by atoms with Crippen LogP contribution in [0, 0.1) is 0 Å². The maximum Gasteiger partial charge on any atom is 0.422 e. The van der Waals surface area contributed by atoms with Crippen molar-refractivity contribution in [2.75, 3.05) is 18.6 Å². The van der Waals surface area contributed by atoms with Gasteiger partial charge in [0.15, 0.2) is 5.60 Å². The molecule has 1 atom stereocenters. The molecule has 2 N–H and O–H groups in total. The van der Waals surface area contributed by atoms with Crippen LogP contribution in [0.3, 0.4) is 0 Å². The fraction of sp³-hybridized carbons (Fsp3) is 0.250. The van der Waals surface area contributed by atoms with E-state index in [2.05, 4.69) is 20.6 Å². The van der Waals surface area contributed by atoms with Gasteiger partial charge >= 0.3 is 6.18 Å². The summed E-state index contributed by atoms with van der Waals surface area (Å²) in [4.78, 5) is 16.4. The molecule has 4 aromatic rings. The number of rotatable bonds is 8. The van der Waals surface area contributed by atoms with Crippen molar-refractivity contribution in [3.05, 3.63) is 65.7 Å². The number of hydrogen-bond donors (Lipinski definition) is 2. The van der Waals surface area contributed by atoms with Crippen LogP contribution in [0.5, 0.6) is 0 Å². The first-order chi connectivity index (χ1) is 17.8. The minimum Gasteiger partial charge on any atom is -0.376 e. The first kappa shape index (κ1) is 27.0. The number of nitrogens with zero attached hydrogens (tertiary/aromatic N) is 3. The Kier molecular flexibility index (Phi) is 7.12. The van der Waals surface area contributed by atoms with Crippen molar-refractivity contribution in [1.29, 1.82) is 0 Å². The Morgan fingerprint density at radius 1 is 1.00 bits per heavy atom. The number of hydrogen-bond acceptors (Lipinski definition) is 9. The standard InChI is InChI=1S/C24H21F3N4O6S/c1-23(33,22(32)28-12-13-38(2,34)35)16-10-8-15(9-11-16)20-29-21(37-31-20)19-17(24(25,26)27)18(30-36-19)14-6-4-3-5-7-14/h3-11,33H,12-13H2,1-2H3,(H,28,32)/t23-/m1/s1. The van der Waals surface area contributed by atoms with Crippen LogP contribution in [-0.2, 0) is 26.4 Å². The van der Waals surface area contributed by atoms with Crippen LogP contribution in [0.15, 0.2) is 63.6 Å². The number of carbonyl (C=O) groups is 1. The molecule has 0 fully saturated rings. The largest absolute Gasteiger partial charge is 0.422 e. The van der Waals surface area contributed by atoms with Gasteiger partial charge in [-0.2, -0.15) is 18.2 Å². The van der Waals surface area contributed by atoms with Gasteiger partial charge in [-0.3, -0.25) is 4.79 Å². The monoisotopic (exact) mass is 550 g/mol. The topological polar surface area (TPSA) is 148 Å². The van der Waals surface area contributed by atoms with Gasteiger partial charge in [-0.25, -0.2) is 8.42 Å². The number of halogens is 3. The minimum absolute atomic E-state index is 0.0745. The van der Waals surface area contributed by atoms with Gasteiger partial charge in [0.2, 0.25) is 11.6 Å². The molecule has 0 aliphatic rings. The maximum atomic E-state index is 13.9. The lowest BCUT2D eigenvalue weighted by Crippen LogP contribution is -2.43. The molecule has 4 rings (SSSR count). The van der Waals surface area contributed by atoms with Gasteiger partial charge in [0.1, 0.15) is 21.1 Å². The molecule has 1 amide bonds. The van der Waals surface area contributed by atoms with Crippen molar-refractivity contribution in [2.24, 2.45) is 0 Å². The Morgan fingerprint density at radius 2 is 1.66 bits per heavy atom. The van der Waals surface area contributed by atoms with Gasteiger partial charge in [-0.1, -0.05) is 64.9 Å². The molecule has 0 aliphatic carbocycles. The van der Waals surface area contributed by atoms with E-state index in [1.165, 1.54) is 43.3 Å². The molecule has 14 heteroatoms. The van der Waals surface area contributed by atoms with Gasteiger partial charge in [0.25, 0.3) is 11.8 Å². The zero-order chi connectivity index (χ0) is 27.7. The summed E-state index contributed by atoms with van der Waals surface area (Å²) in [6, 6.07) is 13.3. The van der Waals surface area contributed by atoms with Crippen molar-refractivity contribution in [2.45, 2.75) is 18.7 Å². The number of benzene rings is 2. The average Bonchev–Trinajstić information content (AvgIpc) is 3.51. The van der Waals surface area contributed by atoms with E-state index in [-0.39, 0.29) is 29.2 Å². The third-order valence-corrected chi connectivity index (χ3v) is 6.49. The molecule has 38 heavy (non-hydrogen) atoms. The highest BCUT2D eigenvalue weighted by molar-refractivity contribution is 7.90. The Morgan fingerprint density at radius 3 is 2.26 bits per heavy atom. The minimum atomic E-state index is -4.83. The smallest absolute Gasteiger partial charge is 0.376 e. The predicted octanol–water partition coefficient (Wildman–Crippen LogP) is 3.45. The molecule has 2 heterocycles. The van der Waals surface area contributed by atoms with Crippen LogP contribution in [0.1, 0.15) is 18.1 Å².